The van der Waals surface area contributed by atoms with Crippen molar-refractivity contribution in [2.45, 2.75) is 6.04 Å². The number of H-pyrrole nitrogens is 1. The first-order valence-electron chi connectivity index (χ1n) is 7.18. The van der Waals surface area contributed by atoms with Gasteiger partial charge in [0.2, 0.25) is 5.88 Å². The van der Waals surface area contributed by atoms with E-state index in [1.807, 2.05) is 11.9 Å². The molecule has 116 valence electrons. The molecular formula is C15H19N5O2. The van der Waals surface area contributed by atoms with E-state index in [1.54, 1.807) is 30.7 Å². The van der Waals surface area contributed by atoms with Crippen molar-refractivity contribution in [2.75, 3.05) is 33.8 Å². The molecule has 3 heterocycles. The van der Waals surface area contributed by atoms with E-state index in [1.165, 1.54) is 7.11 Å². The zero-order valence-corrected chi connectivity index (χ0v) is 12.7. The van der Waals surface area contributed by atoms with E-state index in [0.717, 1.165) is 12.4 Å². The third-order valence-electron chi connectivity index (χ3n) is 3.97. The van der Waals surface area contributed by atoms with Gasteiger partial charge in [-0.3, -0.25) is 9.69 Å². The first-order chi connectivity index (χ1) is 10.7. The van der Waals surface area contributed by atoms with E-state index in [0.29, 0.717) is 24.5 Å². The summed E-state index contributed by atoms with van der Waals surface area (Å²) in [5, 5.41) is 0. The molecule has 2 aromatic rings. The van der Waals surface area contributed by atoms with Gasteiger partial charge in [-0.25, -0.2) is 9.97 Å². The van der Waals surface area contributed by atoms with Crippen LogP contribution in [0.5, 0.6) is 5.88 Å². The summed E-state index contributed by atoms with van der Waals surface area (Å²) in [6.45, 7) is 2.05. The molecule has 1 N–H and O–H groups in total. The van der Waals surface area contributed by atoms with Crippen molar-refractivity contribution in [3.8, 4) is 5.88 Å². The first kappa shape index (κ1) is 14.5. The summed E-state index contributed by atoms with van der Waals surface area (Å²) in [4.78, 5) is 28.3. The summed E-state index contributed by atoms with van der Waals surface area (Å²) < 4.78 is 5.19. The molecule has 22 heavy (non-hydrogen) atoms. The molecule has 1 fully saturated rings. The summed E-state index contributed by atoms with van der Waals surface area (Å²) in [5.74, 6) is 1.17. The number of rotatable bonds is 3. The van der Waals surface area contributed by atoms with Crippen molar-refractivity contribution in [1.82, 2.24) is 24.8 Å². The predicted molar refractivity (Wildman–Crippen MR) is 80.7 cm³/mol. The summed E-state index contributed by atoms with van der Waals surface area (Å²) in [7, 11) is 3.56. The molecule has 1 atom stereocenters. The SMILES string of the molecule is COc1ncccc1C(=O)N1CCN(C)[C@@H](c2ncc[nH]2)C1. The third-order valence-corrected chi connectivity index (χ3v) is 3.97. The lowest BCUT2D eigenvalue weighted by Gasteiger charge is -2.38. The number of hydrogen-bond acceptors (Lipinski definition) is 5. The second-order valence-corrected chi connectivity index (χ2v) is 5.28. The van der Waals surface area contributed by atoms with Crippen molar-refractivity contribution < 1.29 is 9.53 Å². The van der Waals surface area contributed by atoms with Gasteiger partial charge in [-0.2, -0.15) is 0 Å². The zero-order valence-electron chi connectivity index (χ0n) is 12.7. The molecule has 1 amide bonds. The Kier molecular flexibility index (Phi) is 4.06. The standard InChI is InChI=1S/C15H19N5O2/c1-19-8-9-20(10-12(19)13-16-6-7-17-13)15(21)11-4-3-5-18-14(11)22-2/h3-7,12H,8-10H2,1-2H3,(H,16,17)/t12-/m1/s1. The van der Waals surface area contributed by atoms with E-state index in [4.69, 9.17) is 4.74 Å². The van der Waals surface area contributed by atoms with Crippen molar-refractivity contribution in [3.63, 3.8) is 0 Å². The number of amides is 1. The Morgan fingerprint density at radius 3 is 2.95 bits per heavy atom. The number of nitrogens with one attached hydrogen (secondary N) is 1. The number of imidazole rings is 1. The minimum Gasteiger partial charge on any atom is -0.480 e. The number of nitrogens with zero attached hydrogens (tertiary/aromatic N) is 4. The first-order valence-corrected chi connectivity index (χ1v) is 7.18. The van der Waals surface area contributed by atoms with Gasteiger partial charge in [0.1, 0.15) is 11.4 Å². The van der Waals surface area contributed by atoms with Crippen LogP contribution in [0, 0.1) is 0 Å². The Morgan fingerprint density at radius 1 is 1.36 bits per heavy atom. The van der Waals surface area contributed by atoms with E-state index in [9.17, 15) is 4.79 Å². The number of hydrogen-bond donors (Lipinski definition) is 1. The van der Waals surface area contributed by atoms with Gasteiger partial charge in [0, 0.05) is 38.2 Å². The van der Waals surface area contributed by atoms with Gasteiger partial charge < -0.3 is 14.6 Å². The van der Waals surface area contributed by atoms with Crippen LogP contribution < -0.4 is 4.74 Å². The summed E-state index contributed by atoms with van der Waals surface area (Å²) >= 11 is 0. The van der Waals surface area contributed by atoms with Crippen LogP contribution in [0.1, 0.15) is 22.2 Å². The van der Waals surface area contributed by atoms with E-state index < -0.39 is 0 Å². The largest absolute Gasteiger partial charge is 0.480 e. The molecule has 3 rings (SSSR count). The Bertz CT molecular complexity index is 643. The number of piperazine rings is 1. The number of likely N-dealkylation sites (N-methyl/N-ethyl adjacent to an activating group) is 1. The second-order valence-electron chi connectivity index (χ2n) is 5.28. The van der Waals surface area contributed by atoms with Crippen molar-refractivity contribution in [2.24, 2.45) is 0 Å². The van der Waals surface area contributed by atoms with Crippen LogP contribution in [0.15, 0.2) is 30.7 Å². The van der Waals surface area contributed by atoms with Crippen LogP contribution in [-0.4, -0.2) is 64.5 Å². The fraction of sp³-hybridized carbons (Fsp3) is 0.400. The average molecular weight is 301 g/mol. The van der Waals surface area contributed by atoms with E-state index >= 15 is 0 Å². The minimum absolute atomic E-state index is 0.0605. The molecule has 7 heteroatoms. The fourth-order valence-corrected chi connectivity index (χ4v) is 2.70. The van der Waals surface area contributed by atoms with Crippen LogP contribution in [0.4, 0.5) is 0 Å². The number of ether oxygens (including phenoxy) is 1. The smallest absolute Gasteiger partial charge is 0.259 e. The molecule has 1 saturated heterocycles. The quantitative estimate of drug-likeness (QED) is 0.913. The lowest BCUT2D eigenvalue weighted by molar-refractivity contribution is 0.0531. The minimum atomic E-state index is -0.0605. The van der Waals surface area contributed by atoms with Crippen LogP contribution in [0.3, 0.4) is 0 Å². The lowest BCUT2D eigenvalue weighted by Crippen LogP contribution is -2.49. The Balaban J connectivity index is 1.81. The molecule has 0 spiro atoms. The monoisotopic (exact) mass is 301 g/mol. The summed E-state index contributed by atoms with van der Waals surface area (Å²) in [5.41, 5.74) is 0.493. The maximum Gasteiger partial charge on any atom is 0.259 e. The highest BCUT2D eigenvalue weighted by Crippen LogP contribution is 2.24. The molecule has 7 nitrogen and oxygen atoms in total. The number of carbonyl (C=O) groups excluding carboxylic acids is 1. The molecule has 0 unspecified atom stereocenters. The van der Waals surface area contributed by atoms with Crippen LogP contribution in [0.25, 0.3) is 0 Å². The number of aromatic nitrogens is 3. The second kappa shape index (κ2) is 6.15. The maximum absolute atomic E-state index is 12.8. The summed E-state index contributed by atoms with van der Waals surface area (Å²) in [6, 6.07) is 3.56. The number of carbonyl (C=O) groups is 1. The lowest BCUT2D eigenvalue weighted by atomic mass is 10.1. The summed E-state index contributed by atoms with van der Waals surface area (Å²) in [6.07, 6.45) is 5.15. The van der Waals surface area contributed by atoms with Crippen molar-refractivity contribution in [3.05, 3.63) is 42.1 Å². The highest BCUT2D eigenvalue weighted by molar-refractivity contribution is 5.96. The van der Waals surface area contributed by atoms with E-state index in [2.05, 4.69) is 19.9 Å². The molecule has 0 aromatic carbocycles. The highest BCUT2D eigenvalue weighted by Gasteiger charge is 2.31. The molecule has 0 bridgehead atoms. The van der Waals surface area contributed by atoms with Crippen molar-refractivity contribution in [1.29, 1.82) is 0 Å². The Hall–Kier alpha value is -2.41. The predicted octanol–water partition coefficient (Wildman–Crippen LogP) is 0.942. The molecule has 0 radical (unpaired) electrons. The third kappa shape index (κ3) is 2.67. The van der Waals surface area contributed by atoms with Gasteiger partial charge in [-0.05, 0) is 19.2 Å². The van der Waals surface area contributed by atoms with Crippen LogP contribution in [0.2, 0.25) is 0 Å². The zero-order chi connectivity index (χ0) is 15.5. The van der Waals surface area contributed by atoms with Crippen LogP contribution in [-0.2, 0) is 0 Å². The number of aromatic amines is 1. The maximum atomic E-state index is 12.8. The molecule has 1 aliphatic heterocycles. The Morgan fingerprint density at radius 2 is 2.23 bits per heavy atom. The molecule has 0 saturated carbocycles. The van der Waals surface area contributed by atoms with Crippen LogP contribution >= 0.6 is 0 Å². The molecule has 1 aliphatic rings. The average Bonchev–Trinajstić information content (AvgIpc) is 3.09. The Labute approximate surface area is 128 Å². The normalized spacial score (nSPS) is 19.2. The van der Waals surface area contributed by atoms with Crippen molar-refractivity contribution >= 4 is 5.91 Å². The topological polar surface area (TPSA) is 74.3 Å². The molecule has 2 aromatic heterocycles. The van der Waals surface area contributed by atoms with Gasteiger partial charge in [0.05, 0.1) is 13.2 Å². The van der Waals surface area contributed by atoms with E-state index in [-0.39, 0.29) is 11.9 Å². The fourth-order valence-electron chi connectivity index (χ4n) is 2.70. The highest BCUT2D eigenvalue weighted by atomic mass is 16.5. The van der Waals surface area contributed by atoms with Gasteiger partial charge in [0.25, 0.3) is 5.91 Å². The van der Waals surface area contributed by atoms with Gasteiger partial charge >= 0.3 is 0 Å². The van der Waals surface area contributed by atoms with Gasteiger partial charge in [0.15, 0.2) is 0 Å². The van der Waals surface area contributed by atoms with Gasteiger partial charge in [-0.1, -0.05) is 0 Å². The number of pyridine rings is 1. The van der Waals surface area contributed by atoms with Gasteiger partial charge in [-0.15, -0.1) is 0 Å². The molecular weight excluding hydrogens is 282 g/mol. The number of methoxy groups -OCH3 is 1. The molecule has 0 aliphatic carbocycles.